The number of ether oxygens (including phenoxy) is 3. The molecule has 2 aromatic rings. The van der Waals surface area contributed by atoms with Gasteiger partial charge in [-0.15, -0.1) is 9.60 Å². The summed E-state index contributed by atoms with van der Waals surface area (Å²) in [6.07, 6.45) is -0.297. The number of aliphatic carboxylic acids is 1. The first-order valence-corrected chi connectivity index (χ1v) is 14.2. The summed E-state index contributed by atoms with van der Waals surface area (Å²) in [5.41, 5.74) is 1.80. The van der Waals surface area contributed by atoms with Crippen LogP contribution in [-0.2, 0) is 19.1 Å². The number of carboxylic acid groups (broad SMARTS) is 1. The van der Waals surface area contributed by atoms with E-state index in [1.165, 1.54) is 6.92 Å². The summed E-state index contributed by atoms with van der Waals surface area (Å²) in [7, 11) is 3.12. The Bertz CT molecular complexity index is 1320. The van der Waals surface area contributed by atoms with Crippen LogP contribution in [0, 0.1) is 17.3 Å². The zero-order valence-corrected chi connectivity index (χ0v) is 25.4. The molecule has 2 aromatic carbocycles. The average molecular weight is 588 g/mol. The van der Waals surface area contributed by atoms with Gasteiger partial charge in [0.15, 0.2) is 23.8 Å². The Morgan fingerprint density at radius 2 is 1.88 bits per heavy atom. The van der Waals surface area contributed by atoms with Gasteiger partial charge in [-0.2, -0.15) is 0 Å². The predicted molar refractivity (Wildman–Crippen MR) is 156 cm³/mol. The van der Waals surface area contributed by atoms with Gasteiger partial charge in [-0.3, -0.25) is 9.59 Å². The number of carbonyl (C=O) groups excluding carboxylic acids is 2. The van der Waals surface area contributed by atoms with Crippen molar-refractivity contribution < 1.29 is 33.7 Å². The van der Waals surface area contributed by atoms with Crippen LogP contribution in [0.2, 0.25) is 5.02 Å². The van der Waals surface area contributed by atoms with E-state index in [4.69, 9.17) is 25.8 Å². The number of hydrogen-bond acceptors (Lipinski definition) is 7. The number of benzene rings is 2. The van der Waals surface area contributed by atoms with Crippen LogP contribution in [0.15, 0.2) is 36.4 Å². The number of nitrogens with zero attached hydrogens (tertiary/aromatic N) is 2. The lowest BCUT2D eigenvalue weighted by molar-refractivity contribution is -0.162. The van der Waals surface area contributed by atoms with Crippen molar-refractivity contribution in [1.29, 1.82) is 0 Å². The molecular weight excluding hydrogens is 548 g/mol. The minimum absolute atomic E-state index is 0.0799. The van der Waals surface area contributed by atoms with Gasteiger partial charge in [0.25, 0.3) is 0 Å². The molecule has 0 radical (unpaired) electrons. The van der Waals surface area contributed by atoms with Gasteiger partial charge in [0.1, 0.15) is 18.4 Å². The molecule has 1 amide bonds. The summed E-state index contributed by atoms with van der Waals surface area (Å²) in [6.45, 7) is 8.62. The summed E-state index contributed by atoms with van der Waals surface area (Å²) in [5, 5.41) is 12.0. The molecule has 0 aliphatic carbocycles. The van der Waals surface area contributed by atoms with Gasteiger partial charge < -0.3 is 19.3 Å². The van der Waals surface area contributed by atoms with Crippen LogP contribution < -0.4 is 14.1 Å². The number of carbonyl (C=O) groups is 3. The first-order chi connectivity index (χ1) is 19.3. The highest BCUT2D eigenvalue weighted by Crippen LogP contribution is 2.48. The normalized spacial score (nSPS) is 25.2. The molecule has 2 aliphatic heterocycles. The summed E-state index contributed by atoms with van der Waals surface area (Å²) >= 11 is 6.58. The first-order valence-electron chi connectivity index (χ1n) is 13.8. The second-order valence-corrected chi connectivity index (χ2v) is 12.6. The second-order valence-electron chi connectivity index (χ2n) is 12.1. The van der Waals surface area contributed by atoms with Crippen molar-refractivity contribution in [3.8, 4) is 11.5 Å². The van der Waals surface area contributed by atoms with Crippen LogP contribution in [0.5, 0.6) is 11.5 Å². The Morgan fingerprint density at radius 3 is 2.49 bits per heavy atom. The van der Waals surface area contributed by atoms with Crippen molar-refractivity contribution in [2.24, 2.45) is 17.3 Å². The topological polar surface area (TPSA) is 102 Å². The van der Waals surface area contributed by atoms with Gasteiger partial charge in [0.05, 0.1) is 26.3 Å². The van der Waals surface area contributed by atoms with Crippen molar-refractivity contribution in [1.82, 2.24) is 9.60 Å². The molecule has 222 valence electrons. The highest BCUT2D eigenvalue weighted by molar-refractivity contribution is 6.30. The zero-order chi connectivity index (χ0) is 30.1. The van der Waals surface area contributed by atoms with E-state index in [0.29, 0.717) is 52.8 Å². The number of quaternary nitrogens is 1. The van der Waals surface area contributed by atoms with Gasteiger partial charge in [-0.25, -0.2) is 4.79 Å². The van der Waals surface area contributed by atoms with E-state index < -0.39 is 18.0 Å². The first kappa shape index (κ1) is 31.0. The predicted octanol–water partition coefficient (Wildman–Crippen LogP) is 5.27. The smallest absolute Gasteiger partial charge is 0.363 e. The zero-order valence-electron chi connectivity index (χ0n) is 24.6. The molecule has 4 atom stereocenters. The molecular formula is C31H40ClN2O7+. The summed E-state index contributed by atoms with van der Waals surface area (Å²) in [4.78, 5) is 38.9. The minimum Gasteiger partial charge on any atom is -0.493 e. The van der Waals surface area contributed by atoms with Crippen LogP contribution in [0.25, 0.3) is 0 Å². The molecule has 1 N–H and O–H groups in total. The lowest BCUT2D eigenvalue weighted by Gasteiger charge is -2.49. The highest BCUT2D eigenvalue weighted by atomic mass is 35.5. The van der Waals surface area contributed by atoms with E-state index >= 15 is 0 Å². The number of para-hydroxylation sites is 1. The quantitative estimate of drug-likeness (QED) is 0.417. The SMILES string of the molecule is COc1cccc([C@H]2OCC(=O)[N+](CC(C)(C)C)(N3CCC(CC(=O)O)[C@@H](C(C)=O)C3)c3ccc(Cl)cc32)c1OC. The maximum atomic E-state index is 14.5. The Kier molecular flexibility index (Phi) is 9.13. The van der Waals surface area contributed by atoms with Crippen molar-refractivity contribution in [3.05, 3.63) is 52.5 Å². The van der Waals surface area contributed by atoms with Crippen molar-refractivity contribution in [2.45, 2.75) is 46.6 Å². The number of carboxylic acids is 1. The molecule has 0 aromatic heterocycles. The van der Waals surface area contributed by atoms with Crippen molar-refractivity contribution >= 4 is 34.9 Å². The maximum absolute atomic E-state index is 14.5. The van der Waals surface area contributed by atoms with E-state index in [0.717, 1.165) is 0 Å². The van der Waals surface area contributed by atoms with Crippen LogP contribution in [0.3, 0.4) is 0 Å². The summed E-state index contributed by atoms with van der Waals surface area (Å²) in [5.74, 6) is -0.962. The van der Waals surface area contributed by atoms with Gasteiger partial charge in [0, 0.05) is 41.0 Å². The van der Waals surface area contributed by atoms with Crippen molar-refractivity contribution in [3.63, 3.8) is 0 Å². The third kappa shape index (κ3) is 6.14. The number of halogens is 1. The lowest BCUT2D eigenvalue weighted by atomic mass is 9.81. The Labute approximate surface area is 246 Å². The highest BCUT2D eigenvalue weighted by Gasteiger charge is 2.54. The number of Topliss-reactive ketones (excluding diaryl/α,β-unsaturated/α-hetero) is 1. The van der Waals surface area contributed by atoms with Crippen LogP contribution >= 0.6 is 11.6 Å². The third-order valence-electron chi connectivity index (χ3n) is 8.05. The third-order valence-corrected chi connectivity index (χ3v) is 8.29. The number of rotatable bonds is 8. The van der Waals surface area contributed by atoms with E-state index in [-0.39, 0.29) is 47.2 Å². The van der Waals surface area contributed by atoms with Crippen LogP contribution in [0.1, 0.15) is 57.8 Å². The van der Waals surface area contributed by atoms with E-state index in [1.54, 1.807) is 26.4 Å². The molecule has 0 saturated carbocycles. The molecule has 0 spiro atoms. The lowest BCUT2D eigenvalue weighted by Crippen LogP contribution is -2.71. The van der Waals surface area contributed by atoms with Crippen LogP contribution in [0.4, 0.5) is 5.69 Å². The maximum Gasteiger partial charge on any atom is 0.363 e. The van der Waals surface area contributed by atoms with Gasteiger partial charge in [-0.1, -0.05) is 44.5 Å². The number of amides is 1. The molecule has 4 rings (SSSR count). The monoisotopic (exact) mass is 587 g/mol. The Hall–Kier alpha value is -2.98. The molecule has 10 heteroatoms. The molecule has 1 saturated heterocycles. The Morgan fingerprint density at radius 1 is 1.15 bits per heavy atom. The molecule has 41 heavy (non-hydrogen) atoms. The fraction of sp³-hybridized carbons (Fsp3) is 0.516. The molecule has 0 bridgehead atoms. The fourth-order valence-electron chi connectivity index (χ4n) is 6.43. The average Bonchev–Trinajstić information content (AvgIpc) is 3.01. The second kappa shape index (κ2) is 12.1. The molecule has 1 fully saturated rings. The van der Waals surface area contributed by atoms with Gasteiger partial charge in [-0.05, 0) is 37.5 Å². The van der Waals surface area contributed by atoms with E-state index in [2.05, 4.69) is 20.8 Å². The van der Waals surface area contributed by atoms with Crippen LogP contribution in [-0.4, -0.2) is 68.2 Å². The largest absolute Gasteiger partial charge is 0.493 e. The van der Waals surface area contributed by atoms with Crippen molar-refractivity contribution in [2.75, 3.05) is 40.5 Å². The fourth-order valence-corrected chi connectivity index (χ4v) is 6.61. The molecule has 9 nitrogen and oxygen atoms in total. The number of methoxy groups -OCH3 is 2. The summed E-state index contributed by atoms with van der Waals surface area (Å²) < 4.78 is 17.5. The Balaban J connectivity index is 1.94. The van der Waals surface area contributed by atoms with E-state index in [9.17, 15) is 19.5 Å². The number of piperidine rings is 1. The molecule has 2 aliphatic rings. The molecule has 2 unspecified atom stereocenters. The summed E-state index contributed by atoms with van der Waals surface area (Å²) in [6, 6.07) is 11.0. The number of ketones is 1. The number of hydrogen-bond donors (Lipinski definition) is 1. The van der Waals surface area contributed by atoms with Gasteiger partial charge >= 0.3 is 11.9 Å². The minimum atomic E-state index is -0.928. The van der Waals surface area contributed by atoms with Gasteiger partial charge in [0.2, 0.25) is 0 Å². The standard InChI is InChI=1S/C31H39ClN2O7/c1-19(35)24-16-33(13-12-20(24)14-28(37)38)34(18-31(2,3)4)25-11-10-21(32)15-23(25)29(41-17-27(34)36)22-8-7-9-26(39-5)30(22)40-6/h7-11,15,20,24,29H,12-14,16-18H2,1-6H3/p+1/t20?,24-,29-,34?/m1/s1. The molecule has 2 heterocycles. The van der Waals surface area contributed by atoms with E-state index in [1.807, 2.05) is 29.3 Å². The number of fused-ring (bicyclic) bond motifs is 1.